The minimum absolute atomic E-state index is 0.246. The maximum atomic E-state index is 12.0. The van der Waals surface area contributed by atoms with Gasteiger partial charge in [0.2, 0.25) is 10.0 Å². The quantitative estimate of drug-likeness (QED) is 0.858. The van der Waals surface area contributed by atoms with E-state index in [2.05, 4.69) is 4.72 Å². The van der Waals surface area contributed by atoms with Crippen LogP contribution in [0, 0.1) is 0 Å². The van der Waals surface area contributed by atoms with E-state index in [1.807, 2.05) is 0 Å². The summed E-state index contributed by atoms with van der Waals surface area (Å²) in [4.78, 5) is 0. The first kappa shape index (κ1) is 16.2. The van der Waals surface area contributed by atoms with Gasteiger partial charge in [-0.05, 0) is 18.1 Å². The Morgan fingerprint density at radius 2 is 1.81 bits per heavy atom. The molecule has 1 aliphatic heterocycles. The zero-order valence-corrected chi connectivity index (χ0v) is 13.8. The SMILES string of the molecule is CN(C)S(=O)(=O)NC1CCN(S(C)(=O)=O)c2ccccc21. The molecule has 0 aromatic heterocycles. The van der Waals surface area contributed by atoms with Crippen LogP contribution in [0.2, 0.25) is 0 Å². The van der Waals surface area contributed by atoms with E-state index in [0.717, 1.165) is 10.6 Å². The second kappa shape index (κ2) is 5.56. The highest BCUT2D eigenvalue weighted by Crippen LogP contribution is 2.35. The molecule has 1 N–H and O–H groups in total. The van der Waals surface area contributed by atoms with Crippen LogP contribution in [0.25, 0.3) is 0 Å². The normalized spacial score (nSPS) is 19.6. The summed E-state index contributed by atoms with van der Waals surface area (Å²) in [5.74, 6) is 0. The van der Waals surface area contributed by atoms with Gasteiger partial charge in [0.1, 0.15) is 0 Å². The Bertz CT molecular complexity index is 729. The summed E-state index contributed by atoms with van der Waals surface area (Å²) in [5.41, 5.74) is 1.19. The fourth-order valence-electron chi connectivity index (χ4n) is 2.28. The largest absolute Gasteiger partial charge is 0.279 e. The lowest BCUT2D eigenvalue weighted by Crippen LogP contribution is -2.43. The number of hydrogen-bond donors (Lipinski definition) is 1. The van der Waals surface area contributed by atoms with Gasteiger partial charge in [0.05, 0.1) is 18.0 Å². The van der Waals surface area contributed by atoms with Crippen LogP contribution >= 0.6 is 0 Å². The smallest absolute Gasteiger partial charge is 0.270 e. The number of fused-ring (bicyclic) bond motifs is 1. The molecule has 1 aromatic carbocycles. The number of anilines is 1. The van der Waals surface area contributed by atoms with E-state index in [1.54, 1.807) is 24.3 Å². The zero-order chi connectivity index (χ0) is 15.8. The fraction of sp³-hybridized carbons (Fsp3) is 0.500. The second-order valence-corrected chi connectivity index (χ2v) is 8.96. The van der Waals surface area contributed by atoms with Crippen molar-refractivity contribution in [3.63, 3.8) is 0 Å². The molecule has 0 radical (unpaired) electrons. The van der Waals surface area contributed by atoms with Crippen LogP contribution in [0.5, 0.6) is 0 Å². The molecule has 0 fully saturated rings. The molecule has 0 saturated carbocycles. The van der Waals surface area contributed by atoms with Gasteiger partial charge in [0, 0.05) is 20.6 Å². The van der Waals surface area contributed by atoms with E-state index in [0.29, 0.717) is 17.7 Å². The fourth-order valence-corrected chi connectivity index (χ4v) is 4.06. The Morgan fingerprint density at radius 3 is 2.38 bits per heavy atom. The van der Waals surface area contributed by atoms with Gasteiger partial charge < -0.3 is 0 Å². The highest BCUT2D eigenvalue weighted by atomic mass is 32.2. The van der Waals surface area contributed by atoms with Crippen LogP contribution in [-0.4, -0.2) is 48.0 Å². The number of para-hydroxylation sites is 1. The molecule has 21 heavy (non-hydrogen) atoms. The minimum atomic E-state index is -3.58. The van der Waals surface area contributed by atoms with Gasteiger partial charge in [0.25, 0.3) is 10.2 Å². The minimum Gasteiger partial charge on any atom is -0.270 e. The summed E-state index contributed by atoms with van der Waals surface area (Å²) >= 11 is 0. The van der Waals surface area contributed by atoms with Crippen molar-refractivity contribution in [2.24, 2.45) is 0 Å². The van der Waals surface area contributed by atoms with Gasteiger partial charge in [-0.15, -0.1) is 0 Å². The molecule has 1 aliphatic rings. The van der Waals surface area contributed by atoms with Gasteiger partial charge >= 0.3 is 0 Å². The molecule has 0 amide bonds. The predicted molar refractivity (Wildman–Crippen MR) is 81.7 cm³/mol. The molecule has 0 aliphatic carbocycles. The highest BCUT2D eigenvalue weighted by Gasteiger charge is 2.32. The van der Waals surface area contributed by atoms with E-state index in [1.165, 1.54) is 18.4 Å². The topological polar surface area (TPSA) is 86.8 Å². The van der Waals surface area contributed by atoms with Crippen LogP contribution in [0.4, 0.5) is 5.69 Å². The van der Waals surface area contributed by atoms with Gasteiger partial charge in [-0.3, -0.25) is 4.31 Å². The monoisotopic (exact) mass is 333 g/mol. The Balaban J connectivity index is 2.41. The Kier molecular flexibility index (Phi) is 4.29. The van der Waals surface area contributed by atoms with Crippen LogP contribution in [-0.2, 0) is 20.2 Å². The molecule has 0 bridgehead atoms. The summed E-state index contributed by atoms with van der Waals surface area (Å²) in [5, 5.41) is 0. The van der Waals surface area contributed by atoms with Crippen molar-refractivity contribution < 1.29 is 16.8 Å². The first-order valence-corrected chi connectivity index (χ1v) is 9.68. The molecule has 9 heteroatoms. The number of nitrogens with zero attached hydrogens (tertiary/aromatic N) is 2. The number of benzene rings is 1. The summed E-state index contributed by atoms with van der Waals surface area (Å²) in [7, 11) is -4.07. The maximum Gasteiger partial charge on any atom is 0.279 e. The van der Waals surface area contributed by atoms with Crippen molar-refractivity contribution >= 4 is 25.9 Å². The van der Waals surface area contributed by atoms with Crippen LogP contribution < -0.4 is 9.03 Å². The van der Waals surface area contributed by atoms with E-state index < -0.39 is 26.3 Å². The van der Waals surface area contributed by atoms with Gasteiger partial charge in [-0.2, -0.15) is 17.4 Å². The Labute approximate surface area is 125 Å². The molecular weight excluding hydrogens is 314 g/mol. The molecule has 118 valence electrons. The Hall–Kier alpha value is -1.16. The molecule has 1 heterocycles. The lowest BCUT2D eigenvalue weighted by molar-refractivity contribution is 0.478. The summed E-state index contributed by atoms with van der Waals surface area (Å²) in [6.07, 6.45) is 1.53. The third-order valence-corrected chi connectivity index (χ3v) is 6.10. The standard InChI is InChI=1S/C12H19N3O4S2/c1-14(2)21(18,19)13-11-8-9-15(20(3,16)17)12-7-5-4-6-10(11)12/h4-7,11,13H,8-9H2,1-3H3. The van der Waals surface area contributed by atoms with Gasteiger partial charge in [0.15, 0.2) is 0 Å². The molecule has 2 rings (SSSR count). The molecule has 1 unspecified atom stereocenters. The van der Waals surface area contributed by atoms with Crippen molar-refractivity contribution in [1.29, 1.82) is 0 Å². The highest BCUT2D eigenvalue weighted by molar-refractivity contribution is 7.92. The van der Waals surface area contributed by atoms with Crippen molar-refractivity contribution in [2.45, 2.75) is 12.5 Å². The van der Waals surface area contributed by atoms with E-state index in [-0.39, 0.29) is 6.54 Å². The first-order chi connectivity index (χ1) is 9.63. The molecule has 1 aromatic rings. The van der Waals surface area contributed by atoms with Crippen LogP contribution in [0.1, 0.15) is 18.0 Å². The lowest BCUT2D eigenvalue weighted by Gasteiger charge is -2.34. The Morgan fingerprint density at radius 1 is 1.19 bits per heavy atom. The van der Waals surface area contributed by atoms with Crippen molar-refractivity contribution in [1.82, 2.24) is 9.03 Å². The second-order valence-electron chi connectivity index (χ2n) is 5.14. The first-order valence-electron chi connectivity index (χ1n) is 6.39. The molecular formula is C12H19N3O4S2. The summed E-state index contributed by atoms with van der Waals surface area (Å²) in [6.45, 7) is 0.246. The van der Waals surface area contributed by atoms with Crippen molar-refractivity contribution in [3.05, 3.63) is 29.8 Å². The van der Waals surface area contributed by atoms with Gasteiger partial charge in [-0.1, -0.05) is 18.2 Å². The number of hydrogen-bond acceptors (Lipinski definition) is 4. The molecule has 0 saturated heterocycles. The number of rotatable bonds is 4. The summed E-state index contributed by atoms with van der Waals surface area (Å²) < 4.78 is 52.6. The van der Waals surface area contributed by atoms with Crippen molar-refractivity contribution in [2.75, 3.05) is 31.2 Å². The van der Waals surface area contributed by atoms with Gasteiger partial charge in [-0.25, -0.2) is 8.42 Å². The van der Waals surface area contributed by atoms with E-state index in [4.69, 9.17) is 0 Å². The number of sulfonamides is 1. The van der Waals surface area contributed by atoms with Crippen molar-refractivity contribution in [3.8, 4) is 0 Å². The average molecular weight is 333 g/mol. The third-order valence-electron chi connectivity index (χ3n) is 3.37. The molecule has 0 spiro atoms. The van der Waals surface area contributed by atoms with E-state index >= 15 is 0 Å². The third kappa shape index (κ3) is 3.37. The average Bonchev–Trinajstić information content (AvgIpc) is 2.37. The number of nitrogens with one attached hydrogen (secondary N) is 1. The molecule has 7 nitrogen and oxygen atoms in total. The van der Waals surface area contributed by atoms with Crippen LogP contribution in [0.15, 0.2) is 24.3 Å². The maximum absolute atomic E-state index is 12.0. The summed E-state index contributed by atoms with van der Waals surface area (Å²) in [6, 6.07) is 6.50. The van der Waals surface area contributed by atoms with Crippen LogP contribution in [0.3, 0.4) is 0 Å². The predicted octanol–water partition coefficient (Wildman–Crippen LogP) is 0.293. The molecule has 1 atom stereocenters. The lowest BCUT2D eigenvalue weighted by atomic mass is 9.99. The zero-order valence-electron chi connectivity index (χ0n) is 12.1. The van der Waals surface area contributed by atoms with E-state index in [9.17, 15) is 16.8 Å².